The minimum Gasteiger partial charge on any atom is -0.399 e. The van der Waals surface area contributed by atoms with Gasteiger partial charge in [0.1, 0.15) is 16.5 Å². The van der Waals surface area contributed by atoms with Crippen LogP contribution in [0.15, 0.2) is 59.7 Å². The molecule has 0 fully saturated rings. The molecule has 0 saturated carbocycles. The number of halogens is 1. The molecule has 1 aromatic carbocycles. The lowest BCUT2D eigenvalue weighted by atomic mass is 10.1. The number of hydrogen-bond acceptors (Lipinski definition) is 5. The van der Waals surface area contributed by atoms with Gasteiger partial charge in [0, 0.05) is 35.1 Å². The molecule has 136 valence electrons. The highest BCUT2D eigenvalue weighted by Crippen LogP contribution is 2.30. The number of pyridine rings is 3. The van der Waals surface area contributed by atoms with Gasteiger partial charge in [-0.1, -0.05) is 23.7 Å². The number of anilines is 1. The van der Waals surface area contributed by atoms with E-state index in [1.807, 2.05) is 12.1 Å². The Morgan fingerprint density at radius 3 is 2.75 bits per heavy atom. The molecule has 4 N–H and O–H groups in total. The normalized spacial score (nSPS) is 11.3. The number of nitrogens with zero attached hydrogens (tertiary/aromatic N) is 3. The number of nitrogen functional groups attached to an aromatic ring is 1. The van der Waals surface area contributed by atoms with E-state index in [1.54, 1.807) is 42.7 Å². The van der Waals surface area contributed by atoms with Crippen LogP contribution in [0.5, 0.6) is 0 Å². The van der Waals surface area contributed by atoms with Gasteiger partial charge in [0.15, 0.2) is 0 Å². The molecule has 28 heavy (non-hydrogen) atoms. The largest absolute Gasteiger partial charge is 0.399 e. The molecule has 4 aromatic heterocycles. The maximum Gasteiger partial charge on any atom is 0.259 e. The molecule has 0 aliphatic carbocycles. The zero-order chi connectivity index (χ0) is 19.3. The summed E-state index contributed by atoms with van der Waals surface area (Å²) in [5.74, 6) is 0.427. The molecule has 0 atom stereocenters. The molecule has 0 aliphatic heterocycles. The van der Waals surface area contributed by atoms with Crippen molar-refractivity contribution in [2.75, 3.05) is 5.73 Å². The third-order valence-electron chi connectivity index (χ3n) is 4.50. The van der Waals surface area contributed by atoms with Crippen LogP contribution in [-0.2, 0) is 0 Å². The summed E-state index contributed by atoms with van der Waals surface area (Å²) in [6.45, 7) is 0. The van der Waals surface area contributed by atoms with Gasteiger partial charge in [0.25, 0.3) is 5.56 Å². The highest BCUT2D eigenvalue weighted by molar-refractivity contribution is 6.30. The average Bonchev–Trinajstić information content (AvgIpc) is 3.10. The highest BCUT2D eigenvalue weighted by Gasteiger charge is 2.16. The average molecular weight is 389 g/mol. The van der Waals surface area contributed by atoms with Gasteiger partial charge < -0.3 is 15.7 Å². The summed E-state index contributed by atoms with van der Waals surface area (Å²) in [5.41, 5.74) is 10.1. The van der Waals surface area contributed by atoms with Crippen molar-refractivity contribution in [3.63, 3.8) is 0 Å². The molecule has 7 nitrogen and oxygen atoms in total. The van der Waals surface area contributed by atoms with Crippen molar-refractivity contribution in [1.29, 1.82) is 0 Å². The van der Waals surface area contributed by atoms with E-state index in [0.717, 1.165) is 10.9 Å². The Morgan fingerprint density at radius 2 is 1.89 bits per heavy atom. The Kier molecular flexibility index (Phi) is 3.63. The van der Waals surface area contributed by atoms with Gasteiger partial charge in [-0.05, 0) is 24.3 Å². The summed E-state index contributed by atoms with van der Waals surface area (Å²) in [6.07, 6.45) is 3.32. The minimum atomic E-state index is -0.248. The SMILES string of the molecule is Nc1cccc(-c2nc(Cl)cc3[nH]c(-c4cc5cnccc5[nH]c4=O)nc23)c1. The molecule has 0 unspecified atom stereocenters. The smallest absolute Gasteiger partial charge is 0.259 e. The van der Waals surface area contributed by atoms with Crippen molar-refractivity contribution in [3.8, 4) is 22.6 Å². The molecule has 8 heteroatoms. The molecular weight excluding hydrogens is 376 g/mol. The first-order chi connectivity index (χ1) is 13.6. The van der Waals surface area contributed by atoms with Crippen LogP contribution >= 0.6 is 11.6 Å². The van der Waals surface area contributed by atoms with Gasteiger partial charge in [-0.15, -0.1) is 0 Å². The van der Waals surface area contributed by atoms with Crippen molar-refractivity contribution < 1.29 is 0 Å². The predicted octanol–water partition coefficient (Wildman–Crippen LogP) is 3.76. The lowest BCUT2D eigenvalue weighted by molar-refractivity contribution is 1.24. The van der Waals surface area contributed by atoms with Crippen LogP contribution in [0.25, 0.3) is 44.6 Å². The number of benzene rings is 1. The minimum absolute atomic E-state index is 0.248. The number of rotatable bonds is 2. The summed E-state index contributed by atoms with van der Waals surface area (Å²) in [5, 5.41) is 1.13. The Balaban J connectivity index is 1.76. The topological polar surface area (TPSA) is 113 Å². The maximum atomic E-state index is 12.6. The number of aromatic nitrogens is 5. The first-order valence-electron chi connectivity index (χ1n) is 8.48. The Hall–Kier alpha value is -3.71. The van der Waals surface area contributed by atoms with Gasteiger partial charge in [-0.25, -0.2) is 9.97 Å². The van der Waals surface area contributed by atoms with E-state index in [1.165, 1.54) is 0 Å². The van der Waals surface area contributed by atoms with Gasteiger partial charge in [0.05, 0.1) is 22.3 Å². The number of aromatic amines is 2. The summed E-state index contributed by atoms with van der Waals surface area (Å²) in [6, 6.07) is 12.5. The molecule has 0 aliphatic rings. The first kappa shape index (κ1) is 16.5. The van der Waals surface area contributed by atoms with Crippen LogP contribution in [0.3, 0.4) is 0 Å². The van der Waals surface area contributed by atoms with Crippen LogP contribution in [0.4, 0.5) is 5.69 Å². The summed E-state index contributed by atoms with van der Waals surface area (Å²) in [4.78, 5) is 31.8. The van der Waals surface area contributed by atoms with Crippen LogP contribution in [0.1, 0.15) is 0 Å². The third-order valence-corrected chi connectivity index (χ3v) is 4.69. The lowest BCUT2D eigenvalue weighted by Crippen LogP contribution is -2.09. The van der Waals surface area contributed by atoms with E-state index >= 15 is 0 Å². The summed E-state index contributed by atoms with van der Waals surface area (Å²) in [7, 11) is 0. The Labute approximate surface area is 163 Å². The molecule has 5 aromatic rings. The maximum absolute atomic E-state index is 12.6. The molecule has 0 amide bonds. The molecular formula is C20H13ClN6O. The monoisotopic (exact) mass is 388 g/mol. The number of imidazole rings is 1. The predicted molar refractivity (Wildman–Crippen MR) is 110 cm³/mol. The number of nitrogens with one attached hydrogen (secondary N) is 2. The number of nitrogens with two attached hydrogens (primary N) is 1. The third kappa shape index (κ3) is 2.69. The van der Waals surface area contributed by atoms with Crippen LogP contribution in [0.2, 0.25) is 5.15 Å². The fraction of sp³-hybridized carbons (Fsp3) is 0. The van der Waals surface area contributed by atoms with Gasteiger partial charge >= 0.3 is 0 Å². The standard InChI is InChI=1S/C20H13ClN6O/c21-16-8-15-18(17(26-16)10-2-1-3-12(22)6-10)27-19(24-15)13-7-11-9-23-5-4-14(11)25-20(13)28/h1-9H,22H2,(H,24,27)(H,25,28). The highest BCUT2D eigenvalue weighted by atomic mass is 35.5. The van der Waals surface area contributed by atoms with Gasteiger partial charge in [0.2, 0.25) is 0 Å². The summed E-state index contributed by atoms with van der Waals surface area (Å²) >= 11 is 6.21. The van der Waals surface area contributed by atoms with E-state index in [4.69, 9.17) is 17.3 Å². The fourth-order valence-corrected chi connectivity index (χ4v) is 3.41. The second-order valence-electron chi connectivity index (χ2n) is 6.38. The fourth-order valence-electron chi connectivity index (χ4n) is 3.22. The molecule has 0 spiro atoms. The number of fused-ring (bicyclic) bond motifs is 2. The van der Waals surface area contributed by atoms with Crippen molar-refractivity contribution in [2.45, 2.75) is 0 Å². The van der Waals surface area contributed by atoms with Gasteiger partial charge in [-0.3, -0.25) is 9.78 Å². The molecule has 5 rings (SSSR count). The molecule has 0 bridgehead atoms. The van der Waals surface area contributed by atoms with Crippen molar-refractivity contribution >= 4 is 39.2 Å². The van der Waals surface area contributed by atoms with Crippen molar-refractivity contribution in [2.24, 2.45) is 0 Å². The second-order valence-corrected chi connectivity index (χ2v) is 6.76. The molecule has 4 heterocycles. The van der Waals surface area contributed by atoms with E-state index in [9.17, 15) is 4.79 Å². The van der Waals surface area contributed by atoms with Crippen LogP contribution < -0.4 is 11.3 Å². The number of H-pyrrole nitrogens is 2. The zero-order valence-electron chi connectivity index (χ0n) is 14.4. The van der Waals surface area contributed by atoms with Crippen LogP contribution in [0, 0.1) is 0 Å². The van der Waals surface area contributed by atoms with E-state index in [-0.39, 0.29) is 5.56 Å². The quantitative estimate of drug-likeness (QED) is 0.314. The molecule has 0 saturated heterocycles. The summed E-state index contributed by atoms with van der Waals surface area (Å²) < 4.78 is 0. The van der Waals surface area contributed by atoms with E-state index in [2.05, 4.69) is 24.9 Å². The first-order valence-corrected chi connectivity index (χ1v) is 8.86. The Morgan fingerprint density at radius 1 is 1.00 bits per heavy atom. The molecule has 0 radical (unpaired) electrons. The van der Waals surface area contributed by atoms with Crippen molar-refractivity contribution in [1.82, 2.24) is 24.9 Å². The second kappa shape index (κ2) is 6.17. The Bertz CT molecular complexity index is 1420. The van der Waals surface area contributed by atoms with E-state index < -0.39 is 0 Å². The zero-order valence-corrected chi connectivity index (χ0v) is 15.2. The van der Waals surface area contributed by atoms with E-state index in [0.29, 0.717) is 44.5 Å². The van der Waals surface area contributed by atoms with Crippen molar-refractivity contribution in [3.05, 3.63) is 70.4 Å². The number of hydrogen-bond donors (Lipinski definition) is 3. The van der Waals surface area contributed by atoms with Gasteiger partial charge in [-0.2, -0.15) is 0 Å². The lowest BCUT2D eigenvalue weighted by Gasteiger charge is -2.03. The van der Waals surface area contributed by atoms with Crippen LogP contribution in [-0.4, -0.2) is 24.9 Å².